The van der Waals surface area contributed by atoms with Crippen LogP contribution in [0.25, 0.3) is 0 Å². The molecule has 0 aliphatic carbocycles. The van der Waals surface area contributed by atoms with E-state index in [1.807, 2.05) is 0 Å². The number of piperidine rings is 1. The molecule has 0 aromatic carbocycles. The van der Waals surface area contributed by atoms with E-state index >= 15 is 0 Å². The fraction of sp³-hybridized carbons (Fsp3) is 1.00. The third kappa shape index (κ3) is 4.54. The lowest BCUT2D eigenvalue weighted by molar-refractivity contribution is -0.0101. The Labute approximate surface area is 104 Å². The van der Waals surface area contributed by atoms with Gasteiger partial charge in [0.05, 0.1) is 25.4 Å². The van der Waals surface area contributed by atoms with Crippen LogP contribution in [0.2, 0.25) is 0 Å². The van der Waals surface area contributed by atoms with Gasteiger partial charge in [0, 0.05) is 26.2 Å². The van der Waals surface area contributed by atoms with E-state index in [-0.39, 0.29) is 6.61 Å². The summed E-state index contributed by atoms with van der Waals surface area (Å²) in [6.07, 6.45) is 6.75. The molecule has 1 unspecified atom stereocenters. The van der Waals surface area contributed by atoms with Gasteiger partial charge in [-0.2, -0.15) is 0 Å². The van der Waals surface area contributed by atoms with Gasteiger partial charge in [0.1, 0.15) is 0 Å². The highest BCUT2D eigenvalue weighted by molar-refractivity contribution is 4.74. The van der Waals surface area contributed by atoms with E-state index in [4.69, 9.17) is 14.6 Å². The normalized spacial score (nSPS) is 27.7. The lowest BCUT2D eigenvalue weighted by atomic mass is 10.1. The average molecular weight is 243 g/mol. The van der Waals surface area contributed by atoms with Crippen LogP contribution in [0.3, 0.4) is 0 Å². The Morgan fingerprint density at radius 3 is 2.71 bits per heavy atom. The Morgan fingerprint density at radius 1 is 1.24 bits per heavy atom. The second kappa shape index (κ2) is 7.31. The van der Waals surface area contributed by atoms with Crippen molar-refractivity contribution in [2.75, 3.05) is 39.5 Å². The van der Waals surface area contributed by atoms with Crippen molar-refractivity contribution in [3.8, 4) is 0 Å². The monoisotopic (exact) mass is 243 g/mol. The van der Waals surface area contributed by atoms with Crippen LogP contribution in [-0.4, -0.2) is 61.7 Å². The van der Waals surface area contributed by atoms with Crippen LogP contribution >= 0.6 is 0 Å². The van der Waals surface area contributed by atoms with E-state index in [1.54, 1.807) is 0 Å². The lowest BCUT2D eigenvalue weighted by Crippen LogP contribution is -2.38. The first-order chi connectivity index (χ1) is 8.38. The minimum Gasteiger partial charge on any atom is -0.394 e. The van der Waals surface area contributed by atoms with Gasteiger partial charge in [0.2, 0.25) is 0 Å². The molecule has 1 atom stereocenters. The zero-order valence-electron chi connectivity index (χ0n) is 10.6. The van der Waals surface area contributed by atoms with Gasteiger partial charge >= 0.3 is 0 Å². The molecule has 0 spiro atoms. The molecule has 0 amide bonds. The molecule has 2 saturated heterocycles. The lowest BCUT2D eigenvalue weighted by Gasteiger charge is -2.32. The van der Waals surface area contributed by atoms with E-state index in [0.717, 1.165) is 39.1 Å². The minimum absolute atomic E-state index is 0.138. The maximum absolute atomic E-state index is 8.71. The molecule has 1 N–H and O–H groups in total. The first-order valence-corrected chi connectivity index (χ1v) is 6.95. The summed E-state index contributed by atoms with van der Waals surface area (Å²) in [5, 5.41) is 8.71. The maximum Gasteiger partial charge on any atom is 0.0701 e. The predicted molar refractivity (Wildman–Crippen MR) is 66.1 cm³/mol. The van der Waals surface area contributed by atoms with Gasteiger partial charge in [-0.3, -0.25) is 0 Å². The molecular weight excluding hydrogens is 218 g/mol. The number of likely N-dealkylation sites (tertiary alicyclic amines) is 1. The van der Waals surface area contributed by atoms with E-state index in [2.05, 4.69) is 4.90 Å². The van der Waals surface area contributed by atoms with Crippen molar-refractivity contribution in [2.24, 2.45) is 0 Å². The molecule has 4 heteroatoms. The van der Waals surface area contributed by atoms with E-state index in [1.165, 1.54) is 19.3 Å². The minimum atomic E-state index is 0.138. The summed E-state index contributed by atoms with van der Waals surface area (Å²) in [4.78, 5) is 2.51. The highest BCUT2D eigenvalue weighted by atomic mass is 16.5. The Bertz CT molecular complexity index is 199. The van der Waals surface area contributed by atoms with Crippen LogP contribution in [-0.2, 0) is 9.47 Å². The Hall–Kier alpha value is -0.160. The molecule has 2 heterocycles. The van der Waals surface area contributed by atoms with Crippen molar-refractivity contribution >= 4 is 0 Å². The summed E-state index contributed by atoms with van der Waals surface area (Å²) in [7, 11) is 0. The number of nitrogens with zero attached hydrogens (tertiary/aromatic N) is 1. The third-order valence-corrected chi connectivity index (χ3v) is 3.77. The fourth-order valence-corrected chi connectivity index (χ4v) is 2.72. The van der Waals surface area contributed by atoms with Gasteiger partial charge in [0.25, 0.3) is 0 Å². The van der Waals surface area contributed by atoms with E-state index in [0.29, 0.717) is 18.8 Å². The van der Waals surface area contributed by atoms with Gasteiger partial charge < -0.3 is 19.5 Å². The highest BCUT2D eigenvalue weighted by Crippen LogP contribution is 2.18. The van der Waals surface area contributed by atoms with E-state index < -0.39 is 0 Å². The quantitative estimate of drug-likeness (QED) is 0.756. The van der Waals surface area contributed by atoms with Gasteiger partial charge in [-0.05, 0) is 32.1 Å². The predicted octanol–water partition coefficient (Wildman–Crippen LogP) is 1.03. The first-order valence-electron chi connectivity index (χ1n) is 6.95. The van der Waals surface area contributed by atoms with Crippen molar-refractivity contribution in [1.82, 2.24) is 4.90 Å². The molecule has 2 aliphatic rings. The molecular formula is C13H25NO3. The van der Waals surface area contributed by atoms with Crippen LogP contribution in [0.15, 0.2) is 0 Å². The number of aliphatic hydroxyl groups is 1. The molecule has 4 nitrogen and oxygen atoms in total. The van der Waals surface area contributed by atoms with Gasteiger partial charge in [-0.25, -0.2) is 0 Å². The second-order valence-electron chi connectivity index (χ2n) is 5.06. The molecule has 100 valence electrons. The summed E-state index contributed by atoms with van der Waals surface area (Å²) in [6.45, 7) is 5.00. The zero-order chi connectivity index (χ0) is 11.9. The molecule has 0 radical (unpaired) electrons. The van der Waals surface area contributed by atoms with Crippen molar-refractivity contribution in [3.63, 3.8) is 0 Å². The average Bonchev–Trinajstić information content (AvgIpc) is 2.88. The third-order valence-electron chi connectivity index (χ3n) is 3.77. The zero-order valence-corrected chi connectivity index (χ0v) is 10.6. The van der Waals surface area contributed by atoms with Gasteiger partial charge in [0.15, 0.2) is 0 Å². The van der Waals surface area contributed by atoms with Gasteiger partial charge in [-0.15, -0.1) is 0 Å². The molecule has 2 fully saturated rings. The fourth-order valence-electron chi connectivity index (χ4n) is 2.72. The Morgan fingerprint density at radius 2 is 2.06 bits per heavy atom. The summed E-state index contributed by atoms with van der Waals surface area (Å²) in [5.74, 6) is 0. The Balaban J connectivity index is 1.55. The number of ether oxygens (including phenoxy) is 2. The summed E-state index contributed by atoms with van der Waals surface area (Å²) in [5.41, 5.74) is 0. The number of aliphatic hydroxyl groups excluding tert-OH is 1. The van der Waals surface area contributed by atoms with E-state index in [9.17, 15) is 0 Å². The number of hydrogen-bond donors (Lipinski definition) is 1. The van der Waals surface area contributed by atoms with Crippen LogP contribution < -0.4 is 0 Å². The summed E-state index contributed by atoms with van der Waals surface area (Å²) in [6, 6.07) is 0. The van der Waals surface area contributed by atoms with Crippen molar-refractivity contribution in [3.05, 3.63) is 0 Å². The molecule has 0 bridgehead atoms. The molecule has 17 heavy (non-hydrogen) atoms. The number of rotatable bonds is 6. The molecule has 0 saturated carbocycles. The highest BCUT2D eigenvalue weighted by Gasteiger charge is 2.21. The molecule has 2 aliphatic heterocycles. The van der Waals surface area contributed by atoms with Gasteiger partial charge in [-0.1, -0.05) is 0 Å². The first kappa shape index (κ1) is 13.3. The summed E-state index contributed by atoms with van der Waals surface area (Å²) < 4.78 is 11.2. The maximum atomic E-state index is 8.71. The van der Waals surface area contributed by atoms with Crippen molar-refractivity contribution in [1.29, 1.82) is 0 Å². The standard InChI is InChI=1S/C13H25NO3/c15-9-11-17-13-4-7-14(8-5-13)6-3-12-2-1-10-16-12/h12-13,15H,1-11H2. The van der Waals surface area contributed by atoms with Crippen LogP contribution in [0.1, 0.15) is 32.1 Å². The van der Waals surface area contributed by atoms with Crippen molar-refractivity contribution in [2.45, 2.75) is 44.3 Å². The van der Waals surface area contributed by atoms with Crippen LogP contribution in [0.5, 0.6) is 0 Å². The van der Waals surface area contributed by atoms with Crippen LogP contribution in [0, 0.1) is 0 Å². The Kier molecular flexibility index (Phi) is 5.71. The molecule has 0 aromatic heterocycles. The molecule has 2 rings (SSSR count). The van der Waals surface area contributed by atoms with Crippen molar-refractivity contribution < 1.29 is 14.6 Å². The largest absolute Gasteiger partial charge is 0.394 e. The number of hydrogen-bond acceptors (Lipinski definition) is 4. The second-order valence-corrected chi connectivity index (χ2v) is 5.06. The summed E-state index contributed by atoms with van der Waals surface area (Å²) >= 11 is 0. The topological polar surface area (TPSA) is 41.9 Å². The van der Waals surface area contributed by atoms with Crippen LogP contribution in [0.4, 0.5) is 0 Å². The molecule has 0 aromatic rings. The SMILES string of the molecule is OCCOC1CCN(CCC2CCCO2)CC1. The smallest absolute Gasteiger partial charge is 0.0701 e.